The molecule has 0 N–H and O–H groups in total. The molecular formula is C37H42IN3. The highest BCUT2D eigenvalue weighted by atomic mass is 127. The standard InChI is InChI=1S/C37H42IN3/c1-6-39(7-2)32-26-22-29(23-27-32)35(28-20-24-31(25-21-28)38-40(8-3)9-4)36-33-18-14-15-19-34(33)41(10-5)37(36)30-16-12-11-13-17-30/h11-27H,6-10H2,1-5H3. The summed E-state index contributed by atoms with van der Waals surface area (Å²) in [7, 11) is 0. The molecule has 4 heteroatoms. The zero-order chi connectivity index (χ0) is 28.8. The lowest BCUT2D eigenvalue weighted by Crippen LogP contribution is -2.21. The summed E-state index contributed by atoms with van der Waals surface area (Å²) in [6.07, 6.45) is 9.46. The summed E-state index contributed by atoms with van der Waals surface area (Å²) < 4.78 is 6.53. The summed E-state index contributed by atoms with van der Waals surface area (Å²) in [6.45, 7) is 16.4. The van der Waals surface area contributed by atoms with Gasteiger partial charge in [-0.15, -0.1) is 0 Å². The molecule has 3 aromatic carbocycles. The second kappa shape index (κ2) is 13.6. The molecule has 212 valence electrons. The molecule has 3 nitrogen and oxygen atoms in total. The van der Waals surface area contributed by atoms with Gasteiger partial charge in [-0.25, -0.2) is 0 Å². The Labute approximate surface area is 256 Å². The van der Waals surface area contributed by atoms with Crippen LogP contribution in [0.15, 0.2) is 109 Å². The van der Waals surface area contributed by atoms with E-state index >= 15 is 0 Å². The zero-order valence-electron chi connectivity index (χ0n) is 25.1. The summed E-state index contributed by atoms with van der Waals surface area (Å²) in [5, 5.41) is 1.30. The first kappa shape index (κ1) is 29.3. The molecule has 0 amide bonds. The molecule has 1 aromatic heterocycles. The lowest BCUT2D eigenvalue weighted by atomic mass is 9.88. The van der Waals surface area contributed by atoms with Crippen molar-refractivity contribution in [3.8, 4) is 11.3 Å². The molecular weight excluding hydrogens is 613 g/mol. The van der Waals surface area contributed by atoms with Crippen molar-refractivity contribution in [2.24, 2.45) is 0 Å². The van der Waals surface area contributed by atoms with Crippen molar-refractivity contribution in [1.29, 1.82) is 0 Å². The molecule has 0 radical (unpaired) electrons. The Bertz CT molecular complexity index is 1580. The van der Waals surface area contributed by atoms with E-state index in [1.54, 1.807) is 0 Å². The highest BCUT2D eigenvalue weighted by Crippen LogP contribution is 2.43. The van der Waals surface area contributed by atoms with Crippen molar-refractivity contribution < 1.29 is 0 Å². The van der Waals surface area contributed by atoms with Crippen LogP contribution in [0.3, 0.4) is 0 Å². The van der Waals surface area contributed by atoms with Gasteiger partial charge < -0.3 is 9.47 Å². The number of nitrogens with zero attached hydrogens (tertiary/aromatic N) is 3. The van der Waals surface area contributed by atoms with Gasteiger partial charge >= 0.3 is 0 Å². The lowest BCUT2D eigenvalue weighted by Gasteiger charge is -2.22. The van der Waals surface area contributed by atoms with Crippen molar-refractivity contribution in [2.45, 2.75) is 41.2 Å². The van der Waals surface area contributed by atoms with Gasteiger partial charge in [-0.05, 0) is 94.4 Å². The third-order valence-electron chi connectivity index (χ3n) is 7.91. The fourth-order valence-corrected chi connectivity index (χ4v) is 7.97. The van der Waals surface area contributed by atoms with Gasteiger partial charge in [0.15, 0.2) is 0 Å². The number of allylic oxidation sites excluding steroid dienone is 5. The van der Waals surface area contributed by atoms with Gasteiger partial charge in [-0.1, -0.05) is 86.7 Å². The predicted molar refractivity (Wildman–Crippen MR) is 189 cm³/mol. The molecule has 1 aliphatic carbocycles. The average Bonchev–Trinajstić information content (AvgIpc) is 3.36. The Kier molecular flexibility index (Phi) is 9.73. The van der Waals surface area contributed by atoms with Crippen LogP contribution in [0.5, 0.6) is 0 Å². The van der Waals surface area contributed by atoms with Crippen LogP contribution >= 0.6 is 21.0 Å². The number of hydrogen-bond donors (Lipinski definition) is 0. The fraction of sp³-hybridized carbons (Fsp3) is 0.270. The normalized spacial score (nSPS) is 13.0. The molecule has 4 aromatic rings. The monoisotopic (exact) mass is 655 g/mol. The molecule has 0 saturated carbocycles. The number of aryl methyl sites for hydroxylation is 1. The summed E-state index contributed by atoms with van der Waals surface area (Å²) in [5.41, 5.74) is 10.2. The summed E-state index contributed by atoms with van der Waals surface area (Å²) in [4.78, 5) is 2.41. The number of aromatic nitrogens is 1. The molecule has 0 atom stereocenters. The van der Waals surface area contributed by atoms with E-state index in [9.17, 15) is 0 Å². The van der Waals surface area contributed by atoms with Crippen LogP contribution in [-0.4, -0.2) is 37.4 Å². The maximum absolute atomic E-state index is 2.58. The summed E-state index contributed by atoms with van der Waals surface area (Å²) >= 11 is -0.155. The Morgan fingerprint density at radius 2 is 1.32 bits per heavy atom. The van der Waals surface area contributed by atoms with E-state index in [-0.39, 0.29) is 21.0 Å². The van der Waals surface area contributed by atoms with Gasteiger partial charge in [0.25, 0.3) is 0 Å². The fourth-order valence-electron chi connectivity index (χ4n) is 5.82. The van der Waals surface area contributed by atoms with E-state index in [1.807, 2.05) is 0 Å². The van der Waals surface area contributed by atoms with Crippen LogP contribution in [0.2, 0.25) is 0 Å². The topological polar surface area (TPSA) is 11.4 Å². The van der Waals surface area contributed by atoms with Crippen LogP contribution in [0.25, 0.3) is 27.7 Å². The van der Waals surface area contributed by atoms with Crippen molar-refractivity contribution in [3.63, 3.8) is 0 Å². The zero-order valence-corrected chi connectivity index (χ0v) is 27.2. The van der Waals surface area contributed by atoms with Crippen LogP contribution < -0.4 is 4.90 Å². The largest absolute Gasteiger partial charge is 0.372 e. The minimum atomic E-state index is -0.155. The van der Waals surface area contributed by atoms with Crippen molar-refractivity contribution in [3.05, 3.63) is 120 Å². The molecule has 0 fully saturated rings. The first-order chi connectivity index (χ1) is 20.1. The van der Waals surface area contributed by atoms with Gasteiger partial charge in [-0.2, -0.15) is 0 Å². The molecule has 41 heavy (non-hydrogen) atoms. The maximum Gasteiger partial charge on any atom is 0.0571 e. The molecule has 0 spiro atoms. The first-order valence-electron chi connectivity index (χ1n) is 15.0. The van der Waals surface area contributed by atoms with E-state index in [2.05, 4.69) is 150 Å². The Hall–Kier alpha value is -3.22. The number of anilines is 1. The second-order valence-corrected chi connectivity index (χ2v) is 13.2. The number of hydrogen-bond acceptors (Lipinski definition) is 2. The van der Waals surface area contributed by atoms with Gasteiger partial charge in [0.05, 0.1) is 5.69 Å². The van der Waals surface area contributed by atoms with E-state index < -0.39 is 0 Å². The number of halogens is 1. The summed E-state index contributed by atoms with van der Waals surface area (Å²) in [6, 6.07) is 29.1. The van der Waals surface area contributed by atoms with Crippen molar-refractivity contribution in [2.75, 3.05) is 31.1 Å². The van der Waals surface area contributed by atoms with Gasteiger partial charge in [-0.3, -0.25) is 3.11 Å². The van der Waals surface area contributed by atoms with Crippen LogP contribution in [0.1, 0.15) is 45.7 Å². The molecule has 1 aliphatic rings. The Morgan fingerprint density at radius 1 is 0.683 bits per heavy atom. The van der Waals surface area contributed by atoms with Crippen LogP contribution in [-0.2, 0) is 6.54 Å². The first-order valence-corrected chi connectivity index (χ1v) is 17.1. The van der Waals surface area contributed by atoms with E-state index in [4.69, 9.17) is 0 Å². The van der Waals surface area contributed by atoms with Gasteiger partial charge in [0.2, 0.25) is 0 Å². The van der Waals surface area contributed by atoms with Crippen molar-refractivity contribution in [1.82, 2.24) is 7.68 Å². The summed E-state index contributed by atoms with van der Waals surface area (Å²) in [5.74, 6) is 0. The molecule has 5 rings (SSSR count). The molecule has 0 saturated heterocycles. The lowest BCUT2D eigenvalue weighted by molar-refractivity contribution is 0.567. The van der Waals surface area contributed by atoms with Crippen molar-refractivity contribution >= 4 is 46.7 Å². The molecule has 0 bridgehead atoms. The minimum absolute atomic E-state index is 0.155. The Morgan fingerprint density at radius 3 is 1.93 bits per heavy atom. The Balaban J connectivity index is 1.79. The average molecular weight is 656 g/mol. The highest BCUT2D eigenvalue weighted by Gasteiger charge is 2.24. The van der Waals surface area contributed by atoms with E-state index in [0.29, 0.717) is 0 Å². The molecule has 1 heterocycles. The number of rotatable bonds is 10. The minimum Gasteiger partial charge on any atom is -0.372 e. The predicted octanol–water partition coefficient (Wildman–Crippen LogP) is 9.50. The molecule has 0 aliphatic heterocycles. The van der Waals surface area contributed by atoms with Crippen LogP contribution in [0, 0.1) is 0 Å². The third kappa shape index (κ3) is 6.05. The highest BCUT2D eigenvalue weighted by molar-refractivity contribution is 14.2. The smallest absolute Gasteiger partial charge is 0.0571 e. The third-order valence-corrected chi connectivity index (χ3v) is 11.2. The number of para-hydroxylation sites is 1. The maximum atomic E-state index is 2.58. The van der Waals surface area contributed by atoms with Gasteiger partial charge in [0, 0.05) is 58.4 Å². The SMILES string of the molecule is CCN(CC)I=C1C=CC(=C(c2ccc(N(CC)CC)cc2)c2c(-c3ccccc3)n(CC)c3ccccc23)C=C1. The molecule has 0 unspecified atom stereocenters. The van der Waals surface area contributed by atoms with E-state index in [1.165, 1.54) is 53.6 Å². The number of fused-ring (bicyclic) bond motifs is 1. The second-order valence-electron chi connectivity index (χ2n) is 10.1. The van der Waals surface area contributed by atoms with Crippen LogP contribution in [0.4, 0.5) is 5.69 Å². The van der Waals surface area contributed by atoms with E-state index in [0.717, 1.165) is 32.7 Å². The quantitative estimate of drug-likeness (QED) is 0.125. The van der Waals surface area contributed by atoms with Gasteiger partial charge in [0.1, 0.15) is 0 Å². The number of benzene rings is 3.